The Kier molecular flexibility index (Phi) is 16.1. The molecule has 1 aliphatic heterocycles. The summed E-state index contributed by atoms with van der Waals surface area (Å²) in [5.41, 5.74) is 13.5. The van der Waals surface area contributed by atoms with Crippen molar-refractivity contribution in [3.63, 3.8) is 0 Å². The summed E-state index contributed by atoms with van der Waals surface area (Å²) < 4.78 is 1.39. The minimum absolute atomic E-state index is 0. The predicted octanol–water partition coefficient (Wildman–Crippen LogP) is 6.93. The van der Waals surface area contributed by atoms with Gasteiger partial charge in [-0.3, -0.25) is 4.99 Å². The summed E-state index contributed by atoms with van der Waals surface area (Å²) in [6.07, 6.45) is 6.02. The molecule has 217 valence electrons. The number of anilines is 2. The molecule has 0 aromatic heterocycles. The Hall–Kier alpha value is -0.859. The van der Waals surface area contributed by atoms with Crippen molar-refractivity contribution in [1.82, 2.24) is 0 Å². The van der Waals surface area contributed by atoms with Gasteiger partial charge in [0, 0.05) is 17.6 Å². The first-order valence-electron chi connectivity index (χ1n) is 14.5. The van der Waals surface area contributed by atoms with Gasteiger partial charge >= 0.3 is 133 Å². The van der Waals surface area contributed by atoms with Gasteiger partial charge in [0.05, 0.1) is 6.54 Å². The van der Waals surface area contributed by atoms with E-state index in [-0.39, 0.29) is 24.0 Å². The summed E-state index contributed by atoms with van der Waals surface area (Å²) in [7, 11) is 0. The fourth-order valence-corrected chi connectivity index (χ4v) is 5.32. The molecule has 3 nitrogen and oxygen atoms in total. The van der Waals surface area contributed by atoms with Crippen LogP contribution < -0.4 is 34.6 Å². The monoisotopic (exact) mass is 782 g/mol. The van der Waals surface area contributed by atoms with Gasteiger partial charge in [-0.15, -0.1) is 0 Å². The molecule has 2 aromatic carbocycles. The molecule has 2 aromatic rings. The molecule has 0 radical (unpaired) electrons. The number of nitrogens with one attached hydrogen (secondary N) is 2. The van der Waals surface area contributed by atoms with Crippen molar-refractivity contribution in [2.24, 2.45) is 4.99 Å². The second-order valence-electron chi connectivity index (χ2n) is 12.1. The second-order valence-corrected chi connectivity index (χ2v) is 14.5. The van der Waals surface area contributed by atoms with Crippen LogP contribution in [0.5, 0.6) is 0 Å². The second kappa shape index (κ2) is 17.3. The van der Waals surface area contributed by atoms with E-state index in [1.165, 1.54) is 57.3 Å². The van der Waals surface area contributed by atoms with Crippen LogP contribution in [-0.4, -0.2) is 14.0 Å². The van der Waals surface area contributed by atoms with E-state index >= 15 is 0 Å². The largest absolute Gasteiger partial charge is 1.00 e. The standard InChI is InChI=1S/C20H28N2.C15H23N.HI.Nd/c1-13(2)18-10-15(5)11-19(14(3)4)20(18)22-16(6)17-8-7-9-21-12-17;1-7-16-15-13(10(2)3)8-12(6)9-14(15)11(4)5;;/h7-11,13-14,22H,12H2,1-6H3;8-11,16H,1-6H3;1H;/q;;;+1/p-1. The summed E-state index contributed by atoms with van der Waals surface area (Å²) in [4.78, 5) is 4.34. The molecule has 0 saturated heterocycles. The average Bonchev–Trinajstić information content (AvgIpc) is 2.85. The Morgan fingerprint density at radius 2 is 1.07 bits per heavy atom. The molecule has 0 saturated carbocycles. The third kappa shape index (κ3) is 10.8. The van der Waals surface area contributed by atoms with Gasteiger partial charge in [0.1, 0.15) is 0 Å². The van der Waals surface area contributed by atoms with Gasteiger partial charge in [0.2, 0.25) is 0 Å². The molecule has 0 spiro atoms. The van der Waals surface area contributed by atoms with Crippen molar-refractivity contribution >= 4 is 18.8 Å². The summed E-state index contributed by atoms with van der Waals surface area (Å²) in [5.74, 6) is 2.13. The molecular formula is C35H51IN3Nd. The molecule has 5 heteroatoms. The molecule has 0 unspecified atom stereocenters. The number of aliphatic imine (C=N–C) groups is 1. The predicted molar refractivity (Wildman–Crippen MR) is 172 cm³/mol. The fourth-order valence-electron chi connectivity index (χ4n) is 4.92. The van der Waals surface area contributed by atoms with E-state index in [1.807, 2.05) is 12.3 Å². The van der Waals surface area contributed by atoms with E-state index in [9.17, 15) is 0 Å². The van der Waals surface area contributed by atoms with Crippen molar-refractivity contribution in [2.45, 2.75) is 107 Å². The minimum atomic E-state index is 0. The van der Waals surface area contributed by atoms with Gasteiger partial charge in [-0.25, -0.2) is 0 Å². The summed E-state index contributed by atoms with van der Waals surface area (Å²) in [6.45, 7) is 27.6. The summed E-state index contributed by atoms with van der Waals surface area (Å²) in [5, 5.41) is 7.30. The SMILES string of the molecule is CC(Nc1c(C(C)C)cc(C)cc1C(C)C)=C1C=CC=NC1.C[C](=[Nd+])Nc1c(C(C)C)cc(C)cc1C(C)C.[I-]. The van der Waals surface area contributed by atoms with E-state index in [0.29, 0.717) is 23.7 Å². The first-order chi connectivity index (χ1) is 18.2. The zero-order valence-corrected chi connectivity index (χ0v) is 32.2. The number of rotatable bonds is 8. The summed E-state index contributed by atoms with van der Waals surface area (Å²) in [6, 6.07) is 9.27. The van der Waals surface area contributed by atoms with Gasteiger partial charge in [0.15, 0.2) is 0 Å². The van der Waals surface area contributed by atoms with E-state index in [2.05, 4.69) is 129 Å². The van der Waals surface area contributed by atoms with Crippen LogP contribution in [-0.2, 0) is 0 Å². The molecule has 3 rings (SSSR count). The summed E-state index contributed by atoms with van der Waals surface area (Å²) >= 11 is 1.09. The first-order valence-corrected chi connectivity index (χ1v) is 16.1. The maximum absolute atomic E-state index is 4.34. The van der Waals surface area contributed by atoms with E-state index in [4.69, 9.17) is 0 Å². The van der Waals surface area contributed by atoms with Gasteiger partial charge in [0.25, 0.3) is 0 Å². The Bertz CT molecular complexity index is 1190. The van der Waals surface area contributed by atoms with Gasteiger partial charge in [-0.1, -0.05) is 51.5 Å². The number of dihydropyridines is 1. The van der Waals surface area contributed by atoms with Crippen LogP contribution in [0.4, 0.5) is 11.4 Å². The van der Waals surface area contributed by atoms with Crippen LogP contribution in [0.25, 0.3) is 0 Å². The van der Waals surface area contributed by atoms with Crippen molar-refractivity contribution < 1.29 is 62.2 Å². The number of nitrogens with zero attached hydrogens (tertiary/aromatic N) is 1. The number of hydrogen-bond donors (Lipinski definition) is 2. The van der Waals surface area contributed by atoms with Crippen LogP contribution in [0.3, 0.4) is 0 Å². The third-order valence-electron chi connectivity index (χ3n) is 7.03. The number of allylic oxidation sites excluding steroid dienone is 2. The molecule has 1 heterocycles. The Morgan fingerprint density at radius 1 is 0.700 bits per heavy atom. The Labute approximate surface area is 288 Å². The van der Waals surface area contributed by atoms with Crippen molar-refractivity contribution in [3.8, 4) is 0 Å². The molecule has 0 bridgehead atoms. The quantitative estimate of drug-likeness (QED) is 0.286. The van der Waals surface area contributed by atoms with Crippen molar-refractivity contribution in [2.75, 3.05) is 17.2 Å². The maximum atomic E-state index is 4.34. The molecule has 2 N–H and O–H groups in total. The van der Waals surface area contributed by atoms with Gasteiger partial charge in [-0.2, -0.15) is 0 Å². The van der Waals surface area contributed by atoms with Gasteiger partial charge in [-0.05, 0) is 48.5 Å². The zero-order valence-electron chi connectivity index (χ0n) is 26.9. The van der Waals surface area contributed by atoms with Crippen molar-refractivity contribution in [1.29, 1.82) is 0 Å². The normalized spacial score (nSPS) is 13.8. The Morgan fingerprint density at radius 3 is 1.38 bits per heavy atom. The van der Waals surface area contributed by atoms with Crippen molar-refractivity contribution in [3.05, 3.63) is 81.1 Å². The molecule has 0 aliphatic carbocycles. The van der Waals surface area contributed by atoms with Crippen LogP contribution in [0, 0.1) is 52.1 Å². The average molecular weight is 785 g/mol. The fraction of sp³-hybridized carbons (Fsp3) is 0.486. The van der Waals surface area contributed by atoms with Crippen LogP contribution in [0.1, 0.15) is 126 Å². The molecule has 1 aliphatic rings. The maximum Gasteiger partial charge on any atom is -1.00 e. The molecular weight excluding hydrogens is 734 g/mol. The molecule has 0 atom stereocenters. The van der Waals surface area contributed by atoms with Gasteiger partial charge < -0.3 is 29.3 Å². The van der Waals surface area contributed by atoms with Crippen LogP contribution in [0.15, 0.2) is 52.7 Å². The molecule has 40 heavy (non-hydrogen) atoms. The zero-order chi connectivity index (χ0) is 29.4. The van der Waals surface area contributed by atoms with E-state index < -0.39 is 0 Å². The molecule has 0 amide bonds. The smallest absolute Gasteiger partial charge is 1.00 e. The van der Waals surface area contributed by atoms with E-state index in [1.54, 1.807) is 0 Å². The van der Waals surface area contributed by atoms with Crippen LogP contribution in [0.2, 0.25) is 0 Å². The number of benzene rings is 2. The molecule has 0 fully saturated rings. The number of halogens is 1. The Balaban J connectivity index is 0.000000403. The third-order valence-corrected chi connectivity index (χ3v) is 7.43. The number of aryl methyl sites for hydroxylation is 2. The topological polar surface area (TPSA) is 36.4 Å². The first kappa shape index (κ1) is 37.2. The van der Waals surface area contributed by atoms with Crippen LogP contribution >= 0.6 is 0 Å². The number of hydrogen-bond acceptors (Lipinski definition) is 3. The minimum Gasteiger partial charge on any atom is -1.00 e. The van der Waals surface area contributed by atoms with E-state index in [0.717, 1.165) is 44.8 Å².